The number of carbonyl (C=O) groups is 2. The predicted molar refractivity (Wildman–Crippen MR) is 126 cm³/mol. The molecule has 8 heteroatoms. The molecule has 1 heterocycles. The van der Waals surface area contributed by atoms with Crippen LogP contribution in [0.25, 0.3) is 0 Å². The molecule has 0 bridgehead atoms. The Morgan fingerprint density at radius 1 is 1.09 bits per heavy atom. The van der Waals surface area contributed by atoms with Gasteiger partial charge in [0.25, 0.3) is 0 Å². The maximum absolute atomic E-state index is 14.0. The normalized spacial score (nSPS) is 12.1. The minimum atomic E-state index is -0.529. The van der Waals surface area contributed by atoms with E-state index in [9.17, 15) is 14.0 Å². The number of benzene rings is 1. The molecule has 0 saturated carbocycles. The number of hydrogen-bond donors (Lipinski definition) is 2. The van der Waals surface area contributed by atoms with Gasteiger partial charge in [0.05, 0.1) is 16.9 Å². The first-order valence-corrected chi connectivity index (χ1v) is 10.9. The Hall–Kier alpha value is -2.90. The molecule has 7 nitrogen and oxygen atoms in total. The maximum Gasteiger partial charge on any atom is 0.322 e. The summed E-state index contributed by atoms with van der Waals surface area (Å²) in [6.45, 7) is 16.3. The fourth-order valence-electron chi connectivity index (χ4n) is 3.12. The van der Waals surface area contributed by atoms with Crippen molar-refractivity contribution in [3.63, 3.8) is 0 Å². The van der Waals surface area contributed by atoms with Crippen LogP contribution in [0.2, 0.25) is 0 Å². The van der Waals surface area contributed by atoms with Crippen molar-refractivity contribution in [3.8, 4) is 0 Å². The average molecular weight is 446 g/mol. The molecule has 0 unspecified atom stereocenters. The van der Waals surface area contributed by atoms with Gasteiger partial charge in [-0.2, -0.15) is 5.10 Å². The van der Waals surface area contributed by atoms with Gasteiger partial charge in [-0.1, -0.05) is 46.8 Å². The second-order valence-corrected chi connectivity index (χ2v) is 10.5. The number of anilines is 2. The van der Waals surface area contributed by atoms with Gasteiger partial charge in [0.2, 0.25) is 5.91 Å². The second kappa shape index (κ2) is 9.71. The summed E-state index contributed by atoms with van der Waals surface area (Å²) in [4.78, 5) is 27.1. The SMILES string of the molecule is CC(C)CN(CC(=O)Nc1cc(C(C)(C)C)nn1C(C)(C)C)C(=O)Nc1ccccc1F. The first-order chi connectivity index (χ1) is 14.7. The molecule has 0 atom stereocenters. The van der Waals surface area contributed by atoms with Crippen LogP contribution in [0, 0.1) is 11.7 Å². The molecular weight excluding hydrogens is 409 g/mol. The van der Waals surface area contributed by atoms with E-state index >= 15 is 0 Å². The Bertz CT molecular complexity index is 954. The third-order valence-electron chi connectivity index (χ3n) is 4.70. The van der Waals surface area contributed by atoms with Gasteiger partial charge in [0.15, 0.2) is 0 Å². The van der Waals surface area contributed by atoms with Crippen molar-refractivity contribution in [1.82, 2.24) is 14.7 Å². The van der Waals surface area contributed by atoms with Gasteiger partial charge >= 0.3 is 6.03 Å². The molecule has 0 saturated heterocycles. The van der Waals surface area contributed by atoms with Crippen molar-refractivity contribution in [1.29, 1.82) is 0 Å². The van der Waals surface area contributed by atoms with Crippen molar-refractivity contribution in [2.45, 2.75) is 66.3 Å². The van der Waals surface area contributed by atoms with Crippen molar-refractivity contribution >= 4 is 23.4 Å². The van der Waals surface area contributed by atoms with E-state index in [2.05, 4.69) is 31.4 Å². The second-order valence-electron chi connectivity index (χ2n) is 10.5. The number of para-hydroxylation sites is 1. The topological polar surface area (TPSA) is 79.3 Å². The van der Waals surface area contributed by atoms with Crippen LogP contribution >= 0.6 is 0 Å². The van der Waals surface area contributed by atoms with Crippen LogP contribution in [0.3, 0.4) is 0 Å². The summed E-state index contributed by atoms with van der Waals surface area (Å²) in [5.74, 6) is -0.174. The highest BCUT2D eigenvalue weighted by molar-refractivity contribution is 5.96. The van der Waals surface area contributed by atoms with E-state index in [-0.39, 0.29) is 35.0 Å². The first-order valence-electron chi connectivity index (χ1n) is 10.9. The lowest BCUT2D eigenvalue weighted by molar-refractivity contribution is -0.116. The summed E-state index contributed by atoms with van der Waals surface area (Å²) in [5, 5.41) is 10.2. The van der Waals surface area contributed by atoms with E-state index in [1.165, 1.54) is 17.0 Å². The molecule has 0 spiro atoms. The summed E-state index contributed by atoms with van der Waals surface area (Å²) >= 11 is 0. The largest absolute Gasteiger partial charge is 0.322 e. The van der Waals surface area contributed by atoms with Gasteiger partial charge in [-0.15, -0.1) is 0 Å². The number of carbonyl (C=O) groups excluding carboxylic acids is 2. The monoisotopic (exact) mass is 445 g/mol. The molecule has 0 aliphatic heterocycles. The van der Waals surface area contributed by atoms with Crippen LogP contribution in [-0.2, 0) is 15.7 Å². The molecule has 32 heavy (non-hydrogen) atoms. The number of urea groups is 1. The lowest BCUT2D eigenvalue weighted by atomic mass is 9.92. The standard InChI is InChI=1S/C24H36FN5O2/c1-16(2)14-29(22(32)26-18-12-10-9-11-17(18)25)15-21(31)27-20-13-19(23(3,4)5)28-30(20)24(6,7)8/h9-13,16H,14-15H2,1-8H3,(H,26,32)(H,27,31). The van der Waals surface area contributed by atoms with Crippen LogP contribution in [0.15, 0.2) is 30.3 Å². The molecule has 1 aromatic heterocycles. The number of halogens is 1. The molecule has 0 radical (unpaired) electrons. The zero-order valence-corrected chi connectivity index (χ0v) is 20.4. The lowest BCUT2D eigenvalue weighted by Gasteiger charge is -2.26. The zero-order chi connectivity index (χ0) is 24.3. The summed E-state index contributed by atoms with van der Waals surface area (Å²) < 4.78 is 15.7. The van der Waals surface area contributed by atoms with E-state index in [0.29, 0.717) is 12.4 Å². The summed E-state index contributed by atoms with van der Waals surface area (Å²) in [5.41, 5.74) is 0.414. The van der Waals surface area contributed by atoms with Crippen LogP contribution < -0.4 is 10.6 Å². The highest BCUT2D eigenvalue weighted by Gasteiger charge is 2.27. The lowest BCUT2D eigenvalue weighted by Crippen LogP contribution is -2.43. The molecule has 0 fully saturated rings. The van der Waals surface area contributed by atoms with Gasteiger partial charge in [-0.05, 0) is 38.8 Å². The maximum atomic E-state index is 14.0. The van der Waals surface area contributed by atoms with Gasteiger partial charge in [-0.3, -0.25) is 4.79 Å². The molecule has 2 N–H and O–H groups in total. The summed E-state index contributed by atoms with van der Waals surface area (Å²) in [6, 6.07) is 7.29. The van der Waals surface area contributed by atoms with E-state index in [1.807, 2.05) is 40.7 Å². The number of rotatable bonds is 6. The fourth-order valence-corrected chi connectivity index (χ4v) is 3.12. The number of nitrogens with one attached hydrogen (secondary N) is 2. The van der Waals surface area contributed by atoms with Crippen molar-refractivity contribution in [2.75, 3.05) is 23.7 Å². The Balaban J connectivity index is 2.21. The fraction of sp³-hybridized carbons (Fsp3) is 0.542. The minimum absolute atomic E-state index is 0.0762. The molecule has 176 valence electrons. The zero-order valence-electron chi connectivity index (χ0n) is 20.4. The molecular formula is C24H36FN5O2. The van der Waals surface area contributed by atoms with Crippen molar-refractivity contribution in [3.05, 3.63) is 41.8 Å². The van der Waals surface area contributed by atoms with Gasteiger partial charge < -0.3 is 15.5 Å². The molecule has 2 rings (SSSR count). The quantitative estimate of drug-likeness (QED) is 0.641. The van der Waals surface area contributed by atoms with Crippen LogP contribution in [0.4, 0.5) is 20.7 Å². The minimum Gasteiger partial charge on any atom is -0.315 e. The van der Waals surface area contributed by atoms with Gasteiger partial charge in [-0.25, -0.2) is 13.9 Å². The summed E-state index contributed by atoms with van der Waals surface area (Å²) in [7, 11) is 0. The van der Waals surface area contributed by atoms with Crippen molar-refractivity contribution < 1.29 is 14.0 Å². The van der Waals surface area contributed by atoms with Gasteiger partial charge in [0.1, 0.15) is 18.2 Å². The molecule has 0 aliphatic carbocycles. The van der Waals surface area contributed by atoms with E-state index in [4.69, 9.17) is 5.10 Å². The third kappa shape index (κ3) is 6.80. The Kier molecular flexibility index (Phi) is 7.70. The molecule has 3 amide bonds. The number of nitrogens with zero attached hydrogens (tertiary/aromatic N) is 3. The van der Waals surface area contributed by atoms with E-state index in [0.717, 1.165) is 5.69 Å². The predicted octanol–water partition coefficient (Wildman–Crippen LogP) is 5.20. The van der Waals surface area contributed by atoms with E-state index < -0.39 is 11.8 Å². The smallest absolute Gasteiger partial charge is 0.315 e. The van der Waals surface area contributed by atoms with Gasteiger partial charge in [0, 0.05) is 18.0 Å². The Morgan fingerprint density at radius 3 is 2.25 bits per heavy atom. The number of amides is 3. The highest BCUT2D eigenvalue weighted by atomic mass is 19.1. The number of aromatic nitrogens is 2. The average Bonchev–Trinajstić information content (AvgIpc) is 3.07. The summed E-state index contributed by atoms with van der Waals surface area (Å²) in [6.07, 6.45) is 0. The van der Waals surface area contributed by atoms with Crippen LogP contribution in [-0.4, -0.2) is 39.7 Å². The Morgan fingerprint density at radius 2 is 1.72 bits per heavy atom. The molecule has 2 aromatic rings. The van der Waals surface area contributed by atoms with Crippen LogP contribution in [0.1, 0.15) is 61.1 Å². The number of hydrogen-bond acceptors (Lipinski definition) is 3. The Labute approximate surface area is 190 Å². The molecule has 1 aromatic carbocycles. The first kappa shape index (κ1) is 25.4. The van der Waals surface area contributed by atoms with E-state index in [1.54, 1.807) is 16.8 Å². The van der Waals surface area contributed by atoms with Crippen LogP contribution in [0.5, 0.6) is 0 Å². The molecule has 0 aliphatic rings. The third-order valence-corrected chi connectivity index (χ3v) is 4.70. The highest BCUT2D eigenvalue weighted by Crippen LogP contribution is 2.28. The van der Waals surface area contributed by atoms with Crippen molar-refractivity contribution in [2.24, 2.45) is 5.92 Å².